The maximum atomic E-state index is 12.2. The lowest BCUT2D eigenvalue weighted by Gasteiger charge is -2.07. The zero-order valence-electron chi connectivity index (χ0n) is 6.76. The molecule has 75 valence electrons. The SMILES string of the molecule is O=[C]NSc1cccc(C(F)(F)F)c1. The molecule has 0 bridgehead atoms. The molecule has 0 atom stereocenters. The third-order valence-electron chi connectivity index (χ3n) is 1.37. The zero-order chi connectivity index (χ0) is 10.6. The number of carbonyl (C=O) groups excluding carboxylic acids is 1. The van der Waals surface area contributed by atoms with Crippen molar-refractivity contribution in [3.05, 3.63) is 29.8 Å². The predicted molar refractivity (Wildman–Crippen MR) is 46.1 cm³/mol. The summed E-state index contributed by atoms with van der Waals surface area (Å²) in [6.07, 6.45) is -3.00. The standard InChI is InChI=1S/C8H5F3NOS/c9-8(10,11)6-2-1-3-7(4-6)14-12-5-13/h1-4H,(H,12,13). The first-order valence-corrected chi connectivity index (χ1v) is 4.32. The van der Waals surface area contributed by atoms with Gasteiger partial charge in [0.2, 0.25) is 0 Å². The number of rotatable bonds is 3. The molecule has 0 aliphatic rings. The third kappa shape index (κ3) is 2.95. The van der Waals surface area contributed by atoms with E-state index < -0.39 is 11.7 Å². The van der Waals surface area contributed by atoms with E-state index in [1.54, 1.807) is 0 Å². The topological polar surface area (TPSA) is 29.1 Å². The van der Waals surface area contributed by atoms with Crippen LogP contribution in [0.1, 0.15) is 5.56 Å². The van der Waals surface area contributed by atoms with Crippen molar-refractivity contribution in [1.82, 2.24) is 4.72 Å². The summed E-state index contributed by atoms with van der Waals surface area (Å²) in [4.78, 5) is 10.1. The van der Waals surface area contributed by atoms with Gasteiger partial charge in [-0.05, 0) is 30.1 Å². The van der Waals surface area contributed by atoms with E-state index in [-0.39, 0.29) is 0 Å². The molecule has 0 aliphatic carbocycles. The molecule has 0 saturated heterocycles. The zero-order valence-corrected chi connectivity index (χ0v) is 7.58. The minimum Gasteiger partial charge on any atom is -0.288 e. The van der Waals surface area contributed by atoms with Crippen LogP contribution in [0.5, 0.6) is 0 Å². The number of amides is 1. The lowest BCUT2D eigenvalue weighted by Crippen LogP contribution is -2.05. The van der Waals surface area contributed by atoms with Gasteiger partial charge in [-0.25, -0.2) is 0 Å². The third-order valence-corrected chi connectivity index (χ3v) is 2.05. The van der Waals surface area contributed by atoms with Gasteiger partial charge in [-0.3, -0.25) is 9.52 Å². The molecule has 0 aromatic heterocycles. The van der Waals surface area contributed by atoms with Gasteiger partial charge in [-0.2, -0.15) is 13.2 Å². The minimum absolute atomic E-state index is 0.308. The van der Waals surface area contributed by atoms with Gasteiger partial charge < -0.3 is 0 Å². The smallest absolute Gasteiger partial charge is 0.288 e. The Kier molecular flexibility index (Phi) is 3.40. The summed E-state index contributed by atoms with van der Waals surface area (Å²) in [6.45, 7) is 0. The number of alkyl halides is 3. The summed E-state index contributed by atoms with van der Waals surface area (Å²) in [7, 11) is 0. The Labute approximate surface area is 82.6 Å². The largest absolute Gasteiger partial charge is 0.416 e. The van der Waals surface area contributed by atoms with Crippen LogP contribution in [0.4, 0.5) is 13.2 Å². The first-order valence-electron chi connectivity index (χ1n) is 3.50. The normalized spacial score (nSPS) is 11.1. The van der Waals surface area contributed by atoms with Crippen molar-refractivity contribution in [3.8, 4) is 0 Å². The molecule has 0 saturated carbocycles. The highest BCUT2D eigenvalue weighted by atomic mass is 32.2. The number of benzene rings is 1. The van der Waals surface area contributed by atoms with Crippen molar-refractivity contribution >= 4 is 18.4 Å². The molecule has 1 N–H and O–H groups in total. The highest BCUT2D eigenvalue weighted by Crippen LogP contribution is 2.31. The van der Waals surface area contributed by atoms with Gasteiger partial charge in [-0.1, -0.05) is 6.07 Å². The number of hydrogen-bond donors (Lipinski definition) is 1. The van der Waals surface area contributed by atoms with Crippen LogP contribution < -0.4 is 4.72 Å². The lowest BCUT2D eigenvalue weighted by molar-refractivity contribution is -0.137. The van der Waals surface area contributed by atoms with Gasteiger partial charge in [0.25, 0.3) is 0 Å². The molecule has 0 aliphatic heterocycles. The first-order chi connectivity index (χ1) is 6.54. The van der Waals surface area contributed by atoms with Gasteiger partial charge in [0.1, 0.15) is 0 Å². The van der Waals surface area contributed by atoms with E-state index in [2.05, 4.69) is 4.72 Å². The summed E-state index contributed by atoms with van der Waals surface area (Å²) in [6, 6.07) is 4.66. The molecule has 1 amide bonds. The van der Waals surface area contributed by atoms with Crippen LogP contribution in [0, 0.1) is 0 Å². The molecule has 1 radical (unpaired) electrons. The van der Waals surface area contributed by atoms with E-state index >= 15 is 0 Å². The number of hydrogen-bond acceptors (Lipinski definition) is 2. The molecule has 1 aromatic carbocycles. The predicted octanol–water partition coefficient (Wildman–Crippen LogP) is 2.37. The van der Waals surface area contributed by atoms with E-state index in [0.717, 1.165) is 24.1 Å². The number of nitrogens with one attached hydrogen (secondary N) is 1. The molecule has 0 unspecified atom stereocenters. The Morgan fingerprint density at radius 2 is 2.07 bits per heavy atom. The van der Waals surface area contributed by atoms with Crippen LogP contribution in [0.15, 0.2) is 29.2 Å². The van der Waals surface area contributed by atoms with E-state index in [1.807, 2.05) is 0 Å². The van der Waals surface area contributed by atoms with Crippen LogP contribution in [0.3, 0.4) is 0 Å². The second-order valence-corrected chi connectivity index (χ2v) is 3.21. The Morgan fingerprint density at radius 3 is 2.64 bits per heavy atom. The van der Waals surface area contributed by atoms with Crippen molar-refractivity contribution in [2.45, 2.75) is 11.1 Å². The van der Waals surface area contributed by atoms with Crippen molar-refractivity contribution in [2.75, 3.05) is 0 Å². The monoisotopic (exact) mass is 220 g/mol. The molecule has 1 rings (SSSR count). The quantitative estimate of drug-likeness (QED) is 0.625. The van der Waals surface area contributed by atoms with Gasteiger partial charge in [0, 0.05) is 4.90 Å². The highest BCUT2D eigenvalue weighted by molar-refractivity contribution is 7.97. The fourth-order valence-corrected chi connectivity index (χ4v) is 1.31. The minimum atomic E-state index is -4.36. The maximum absolute atomic E-state index is 12.2. The van der Waals surface area contributed by atoms with Crippen LogP contribution >= 0.6 is 11.9 Å². The molecule has 0 fully saturated rings. The average Bonchev–Trinajstić information content (AvgIpc) is 2.14. The van der Waals surface area contributed by atoms with Crippen LogP contribution in [0.2, 0.25) is 0 Å². The molecule has 0 spiro atoms. The highest BCUT2D eigenvalue weighted by Gasteiger charge is 2.30. The van der Waals surface area contributed by atoms with E-state index in [4.69, 9.17) is 0 Å². The summed E-state index contributed by atoms with van der Waals surface area (Å²) < 4.78 is 38.6. The summed E-state index contributed by atoms with van der Waals surface area (Å²) in [5.41, 5.74) is -0.741. The summed E-state index contributed by atoms with van der Waals surface area (Å²) >= 11 is 0.777. The summed E-state index contributed by atoms with van der Waals surface area (Å²) in [5.74, 6) is 0. The molecular weight excluding hydrogens is 215 g/mol. The Hall–Kier alpha value is -1.17. The Balaban J connectivity index is 2.84. The Morgan fingerprint density at radius 1 is 1.36 bits per heavy atom. The first kappa shape index (κ1) is 10.9. The molecule has 1 aromatic rings. The van der Waals surface area contributed by atoms with Gasteiger partial charge in [-0.15, -0.1) is 0 Å². The summed E-state index contributed by atoms with van der Waals surface area (Å²) in [5, 5.41) is 0. The molecule has 14 heavy (non-hydrogen) atoms. The van der Waals surface area contributed by atoms with Crippen LogP contribution in [0.25, 0.3) is 0 Å². The second kappa shape index (κ2) is 4.36. The lowest BCUT2D eigenvalue weighted by atomic mass is 10.2. The van der Waals surface area contributed by atoms with Gasteiger partial charge in [0.05, 0.1) is 5.56 Å². The van der Waals surface area contributed by atoms with Crippen molar-refractivity contribution in [3.63, 3.8) is 0 Å². The Bertz CT molecular complexity index is 327. The van der Waals surface area contributed by atoms with Gasteiger partial charge >= 0.3 is 12.6 Å². The molecule has 0 heterocycles. The van der Waals surface area contributed by atoms with Gasteiger partial charge in [0.15, 0.2) is 0 Å². The number of halogens is 3. The average molecular weight is 220 g/mol. The second-order valence-electron chi connectivity index (χ2n) is 2.33. The molecule has 2 nitrogen and oxygen atoms in total. The fourth-order valence-electron chi connectivity index (χ4n) is 0.816. The van der Waals surface area contributed by atoms with Crippen LogP contribution in [-0.2, 0) is 11.0 Å². The van der Waals surface area contributed by atoms with E-state index in [0.29, 0.717) is 4.90 Å². The molecule has 6 heteroatoms. The van der Waals surface area contributed by atoms with Crippen LogP contribution in [-0.4, -0.2) is 6.41 Å². The molecular formula is C8H5F3NOS. The van der Waals surface area contributed by atoms with Crippen molar-refractivity contribution in [2.24, 2.45) is 0 Å². The van der Waals surface area contributed by atoms with E-state index in [1.165, 1.54) is 18.5 Å². The van der Waals surface area contributed by atoms with Crippen molar-refractivity contribution < 1.29 is 18.0 Å². The van der Waals surface area contributed by atoms with Crippen molar-refractivity contribution in [1.29, 1.82) is 0 Å². The van der Waals surface area contributed by atoms with E-state index in [9.17, 15) is 18.0 Å². The maximum Gasteiger partial charge on any atom is 0.416 e. The fraction of sp³-hybridized carbons (Fsp3) is 0.125.